The number of aryl methyl sites for hydroxylation is 1. The summed E-state index contributed by atoms with van der Waals surface area (Å²) in [5.74, 6) is -0.657. The Bertz CT molecular complexity index is 1260. The molecule has 1 fully saturated rings. The Balaban J connectivity index is 1.48. The fourth-order valence-electron chi connectivity index (χ4n) is 3.23. The number of para-hydroxylation sites is 1. The number of carbonyl (C=O) groups is 2. The van der Waals surface area contributed by atoms with Crippen molar-refractivity contribution >= 4 is 46.2 Å². The van der Waals surface area contributed by atoms with Gasteiger partial charge in [0.25, 0.3) is 11.8 Å². The molecule has 0 bridgehead atoms. The summed E-state index contributed by atoms with van der Waals surface area (Å²) in [6.45, 7) is 1.67. The molecule has 0 saturated carbocycles. The van der Waals surface area contributed by atoms with Gasteiger partial charge in [0.05, 0.1) is 10.6 Å². The number of hydrogen-bond donors (Lipinski definition) is 2. The highest BCUT2D eigenvalue weighted by molar-refractivity contribution is 8.19. The summed E-state index contributed by atoms with van der Waals surface area (Å²) in [6, 6.07) is 19.9. The van der Waals surface area contributed by atoms with Crippen molar-refractivity contribution in [2.45, 2.75) is 6.92 Å². The minimum atomic E-state index is -0.400. The third-order valence-electron chi connectivity index (χ3n) is 4.78. The van der Waals surface area contributed by atoms with Crippen molar-refractivity contribution in [1.82, 2.24) is 0 Å². The van der Waals surface area contributed by atoms with E-state index in [4.69, 9.17) is 10.1 Å². The summed E-state index contributed by atoms with van der Waals surface area (Å²) in [5, 5.41) is 11.0. The molecule has 6 nitrogen and oxygen atoms in total. The number of halogens is 1. The van der Waals surface area contributed by atoms with Crippen molar-refractivity contribution < 1.29 is 18.7 Å². The van der Waals surface area contributed by atoms with Crippen LogP contribution in [-0.2, 0) is 9.59 Å². The third-order valence-corrected chi connectivity index (χ3v) is 5.66. The van der Waals surface area contributed by atoms with E-state index >= 15 is 0 Å². The van der Waals surface area contributed by atoms with Gasteiger partial charge in [-0.15, -0.1) is 0 Å². The Hall–Kier alpha value is -3.91. The lowest BCUT2D eigenvalue weighted by Gasteiger charge is -2.14. The molecule has 166 valence electrons. The van der Waals surface area contributed by atoms with Crippen molar-refractivity contribution in [1.29, 1.82) is 5.41 Å². The molecule has 3 aromatic rings. The summed E-state index contributed by atoms with van der Waals surface area (Å²) >= 11 is 1.07. The number of nitrogens with zero attached hydrogens (tertiary/aromatic N) is 1. The average Bonchev–Trinajstić information content (AvgIpc) is 3.07. The molecule has 3 aromatic carbocycles. The highest BCUT2D eigenvalue weighted by Crippen LogP contribution is 2.36. The van der Waals surface area contributed by atoms with Crippen LogP contribution in [0.3, 0.4) is 0 Å². The molecule has 1 aliphatic heterocycles. The van der Waals surface area contributed by atoms with Crippen LogP contribution in [0.15, 0.2) is 77.7 Å². The standard InChI is InChI=1S/C25H20FN3O3S/c1-16-5-4-7-20(13-16)29-24(31)22(33-25(29)27)14-17-6-2-3-8-21(17)32-15-23(30)28-19-11-9-18(26)10-12-19/h2-14,27H,15H2,1H3,(H,28,30)/b22-14-,27-25?. The molecule has 1 aliphatic rings. The molecule has 33 heavy (non-hydrogen) atoms. The van der Waals surface area contributed by atoms with E-state index in [1.54, 1.807) is 36.4 Å². The predicted octanol–water partition coefficient (Wildman–Crippen LogP) is 5.21. The number of amidine groups is 1. The summed E-state index contributed by atoms with van der Waals surface area (Å²) in [7, 11) is 0. The maximum Gasteiger partial charge on any atom is 0.271 e. The average molecular weight is 462 g/mol. The van der Waals surface area contributed by atoms with Gasteiger partial charge in [-0.05, 0) is 72.8 Å². The Kier molecular flexibility index (Phi) is 6.55. The van der Waals surface area contributed by atoms with Crippen LogP contribution in [0.2, 0.25) is 0 Å². The lowest BCUT2D eigenvalue weighted by Crippen LogP contribution is -2.28. The fraction of sp³-hybridized carbons (Fsp3) is 0.0800. The number of benzene rings is 3. The third kappa shape index (κ3) is 5.30. The fourth-order valence-corrected chi connectivity index (χ4v) is 4.09. The van der Waals surface area contributed by atoms with Crippen molar-refractivity contribution in [3.8, 4) is 5.75 Å². The molecule has 0 aromatic heterocycles. The van der Waals surface area contributed by atoms with E-state index in [2.05, 4.69) is 5.32 Å². The zero-order valence-electron chi connectivity index (χ0n) is 17.7. The first kappa shape index (κ1) is 22.3. The molecule has 8 heteroatoms. The molecule has 0 aliphatic carbocycles. The Morgan fingerprint density at radius 2 is 1.88 bits per heavy atom. The zero-order valence-corrected chi connectivity index (χ0v) is 18.5. The van der Waals surface area contributed by atoms with Crippen LogP contribution >= 0.6 is 11.8 Å². The van der Waals surface area contributed by atoms with Crippen molar-refractivity contribution in [3.63, 3.8) is 0 Å². The van der Waals surface area contributed by atoms with Gasteiger partial charge in [0.2, 0.25) is 0 Å². The smallest absolute Gasteiger partial charge is 0.271 e. The number of thioether (sulfide) groups is 1. The number of carbonyl (C=O) groups excluding carboxylic acids is 2. The second kappa shape index (κ2) is 9.70. The Labute approximate surface area is 194 Å². The summed E-state index contributed by atoms with van der Waals surface area (Å²) in [5.41, 5.74) is 2.71. The van der Waals surface area contributed by atoms with Gasteiger partial charge in [-0.1, -0.05) is 30.3 Å². The van der Waals surface area contributed by atoms with Crippen LogP contribution in [0.5, 0.6) is 5.75 Å². The molecule has 1 heterocycles. The number of hydrogen-bond acceptors (Lipinski definition) is 5. The summed E-state index contributed by atoms with van der Waals surface area (Å²) < 4.78 is 18.7. The Morgan fingerprint density at radius 1 is 1.12 bits per heavy atom. The van der Waals surface area contributed by atoms with Gasteiger partial charge in [-0.25, -0.2) is 4.39 Å². The van der Waals surface area contributed by atoms with E-state index in [-0.39, 0.29) is 23.5 Å². The number of rotatable bonds is 6. The normalized spacial score (nSPS) is 14.6. The number of ether oxygens (including phenoxy) is 1. The van der Waals surface area contributed by atoms with Crippen LogP contribution in [0.25, 0.3) is 6.08 Å². The molecule has 1 saturated heterocycles. The second-order valence-electron chi connectivity index (χ2n) is 7.28. The summed E-state index contributed by atoms with van der Waals surface area (Å²) in [4.78, 5) is 27.0. The van der Waals surface area contributed by atoms with E-state index in [1.165, 1.54) is 29.2 Å². The van der Waals surface area contributed by atoms with Crippen molar-refractivity contribution in [2.75, 3.05) is 16.8 Å². The van der Waals surface area contributed by atoms with E-state index in [0.717, 1.165) is 17.3 Å². The van der Waals surface area contributed by atoms with Gasteiger partial charge in [-0.2, -0.15) is 0 Å². The van der Waals surface area contributed by atoms with Crippen molar-refractivity contribution in [3.05, 3.63) is 94.6 Å². The second-order valence-corrected chi connectivity index (χ2v) is 8.31. The molecule has 0 radical (unpaired) electrons. The number of nitrogens with one attached hydrogen (secondary N) is 2. The molecule has 2 amide bonds. The topological polar surface area (TPSA) is 82.5 Å². The first-order valence-corrected chi connectivity index (χ1v) is 10.9. The zero-order chi connectivity index (χ0) is 23.4. The molecular weight excluding hydrogens is 441 g/mol. The quantitative estimate of drug-likeness (QED) is 0.494. The van der Waals surface area contributed by atoms with Crippen LogP contribution in [0, 0.1) is 18.2 Å². The lowest BCUT2D eigenvalue weighted by molar-refractivity contribution is -0.118. The molecule has 2 N–H and O–H groups in total. The van der Waals surface area contributed by atoms with Crippen LogP contribution < -0.4 is 15.0 Å². The van der Waals surface area contributed by atoms with Crippen LogP contribution in [0.4, 0.5) is 15.8 Å². The molecule has 0 spiro atoms. The maximum atomic E-state index is 13.0. The van der Waals surface area contributed by atoms with Gasteiger partial charge in [0, 0.05) is 11.3 Å². The van der Waals surface area contributed by atoms with E-state index < -0.39 is 5.91 Å². The number of anilines is 2. The lowest BCUT2D eigenvalue weighted by atomic mass is 10.1. The van der Waals surface area contributed by atoms with Crippen LogP contribution in [0.1, 0.15) is 11.1 Å². The highest BCUT2D eigenvalue weighted by atomic mass is 32.2. The van der Waals surface area contributed by atoms with Gasteiger partial charge in [-0.3, -0.25) is 19.9 Å². The minimum Gasteiger partial charge on any atom is -0.483 e. The molecule has 4 rings (SSSR count). The predicted molar refractivity (Wildman–Crippen MR) is 129 cm³/mol. The van der Waals surface area contributed by atoms with Crippen LogP contribution in [-0.4, -0.2) is 23.6 Å². The Morgan fingerprint density at radius 3 is 2.64 bits per heavy atom. The largest absolute Gasteiger partial charge is 0.483 e. The monoisotopic (exact) mass is 461 g/mol. The summed E-state index contributed by atoms with van der Waals surface area (Å²) in [6.07, 6.45) is 1.66. The van der Waals surface area contributed by atoms with Gasteiger partial charge in [0.1, 0.15) is 11.6 Å². The maximum absolute atomic E-state index is 13.0. The first-order chi connectivity index (χ1) is 15.9. The first-order valence-electron chi connectivity index (χ1n) is 10.1. The SMILES string of the molecule is Cc1cccc(N2C(=N)S/C(=C\c3ccccc3OCC(=O)Nc3ccc(F)cc3)C2=O)c1. The van der Waals surface area contributed by atoms with Gasteiger partial charge in [0.15, 0.2) is 11.8 Å². The highest BCUT2D eigenvalue weighted by Gasteiger charge is 2.33. The van der Waals surface area contributed by atoms with Crippen molar-refractivity contribution in [2.24, 2.45) is 0 Å². The van der Waals surface area contributed by atoms with Gasteiger partial charge >= 0.3 is 0 Å². The van der Waals surface area contributed by atoms with E-state index in [0.29, 0.717) is 27.6 Å². The molecule has 0 atom stereocenters. The molecular formula is C25H20FN3O3S. The minimum absolute atomic E-state index is 0.119. The molecule has 0 unspecified atom stereocenters. The number of amides is 2. The van der Waals surface area contributed by atoms with E-state index in [9.17, 15) is 14.0 Å². The van der Waals surface area contributed by atoms with Gasteiger partial charge < -0.3 is 10.1 Å². The van der Waals surface area contributed by atoms with E-state index in [1.807, 2.05) is 25.1 Å².